The molecule has 3 heteroatoms. The van der Waals surface area contributed by atoms with Gasteiger partial charge in [0.05, 0.1) is 5.25 Å². The van der Waals surface area contributed by atoms with Crippen LogP contribution in [0.2, 0.25) is 5.02 Å². The van der Waals surface area contributed by atoms with Crippen LogP contribution >= 0.6 is 23.4 Å². The zero-order valence-electron chi connectivity index (χ0n) is 8.79. The molecular formula is C12H13ClOS. The van der Waals surface area contributed by atoms with Gasteiger partial charge in [0.25, 0.3) is 0 Å². The second-order valence-electron chi connectivity index (χ2n) is 4.14. The van der Waals surface area contributed by atoms with E-state index in [4.69, 9.17) is 11.6 Å². The average Bonchev–Trinajstić information content (AvgIpc) is 2.19. The fourth-order valence-corrected chi connectivity index (χ4v) is 3.25. The van der Waals surface area contributed by atoms with E-state index >= 15 is 0 Å². The maximum atomic E-state index is 12.1. The number of thioether (sulfide) groups is 1. The Balaban J connectivity index is 2.40. The first-order valence-electron chi connectivity index (χ1n) is 5.04. The predicted molar refractivity (Wildman–Crippen MR) is 65.7 cm³/mol. The van der Waals surface area contributed by atoms with Crippen LogP contribution in [-0.4, -0.2) is 11.0 Å². The standard InChI is InChI=1S/C12H13ClOS/c1-7(2)12-11(14)10-5-9(13)4-3-8(10)6-15-12/h3-5,7,12H,6H2,1-2H3. The Morgan fingerprint density at radius 2 is 2.20 bits per heavy atom. The molecule has 0 saturated heterocycles. The number of carbonyl (C=O) groups excluding carboxylic acids is 1. The number of hydrogen-bond donors (Lipinski definition) is 0. The molecule has 2 rings (SSSR count). The van der Waals surface area contributed by atoms with Crippen LogP contribution in [0.15, 0.2) is 18.2 Å². The van der Waals surface area contributed by atoms with Gasteiger partial charge in [0, 0.05) is 16.3 Å². The molecule has 1 unspecified atom stereocenters. The van der Waals surface area contributed by atoms with Gasteiger partial charge in [0.15, 0.2) is 5.78 Å². The molecular weight excluding hydrogens is 228 g/mol. The van der Waals surface area contributed by atoms with E-state index in [0.29, 0.717) is 10.9 Å². The van der Waals surface area contributed by atoms with Gasteiger partial charge < -0.3 is 0 Å². The lowest BCUT2D eigenvalue weighted by Gasteiger charge is -2.25. The Bertz CT molecular complexity index is 401. The van der Waals surface area contributed by atoms with Gasteiger partial charge in [0.2, 0.25) is 0 Å². The summed E-state index contributed by atoms with van der Waals surface area (Å²) in [5, 5.41) is 0.743. The summed E-state index contributed by atoms with van der Waals surface area (Å²) >= 11 is 7.65. The second-order valence-corrected chi connectivity index (χ2v) is 5.71. The number of hydrogen-bond acceptors (Lipinski definition) is 2. The lowest BCUT2D eigenvalue weighted by Crippen LogP contribution is -2.27. The molecule has 0 saturated carbocycles. The number of Topliss-reactive ketones (excluding diaryl/α,β-unsaturated/α-hetero) is 1. The van der Waals surface area contributed by atoms with E-state index in [1.165, 1.54) is 0 Å². The minimum atomic E-state index is 0.0935. The van der Waals surface area contributed by atoms with E-state index in [9.17, 15) is 4.79 Å². The SMILES string of the molecule is CC(C)C1SCc2ccc(Cl)cc2C1=O. The fourth-order valence-electron chi connectivity index (χ4n) is 1.81. The molecule has 0 bridgehead atoms. The van der Waals surface area contributed by atoms with Crippen molar-refractivity contribution in [3.05, 3.63) is 34.3 Å². The van der Waals surface area contributed by atoms with Gasteiger partial charge in [-0.05, 0) is 23.6 Å². The normalized spacial score (nSPS) is 20.5. The molecule has 15 heavy (non-hydrogen) atoms. The minimum Gasteiger partial charge on any atom is -0.293 e. The van der Waals surface area contributed by atoms with Crippen molar-refractivity contribution in [2.45, 2.75) is 24.9 Å². The summed E-state index contributed by atoms with van der Waals surface area (Å²) in [5.41, 5.74) is 1.94. The third-order valence-electron chi connectivity index (χ3n) is 2.62. The Labute approximate surface area is 99.2 Å². The monoisotopic (exact) mass is 240 g/mol. The smallest absolute Gasteiger partial charge is 0.176 e. The third-order valence-corrected chi connectivity index (χ3v) is 4.45. The molecule has 0 aliphatic carbocycles. The molecule has 1 aromatic rings. The van der Waals surface area contributed by atoms with E-state index in [1.54, 1.807) is 17.8 Å². The summed E-state index contributed by atoms with van der Waals surface area (Å²) in [5.74, 6) is 1.54. The van der Waals surface area contributed by atoms with Crippen molar-refractivity contribution in [2.24, 2.45) is 5.92 Å². The highest BCUT2D eigenvalue weighted by molar-refractivity contribution is 8.00. The van der Waals surface area contributed by atoms with Crippen molar-refractivity contribution in [2.75, 3.05) is 0 Å². The molecule has 0 aromatic heterocycles. The Hall–Kier alpha value is -0.470. The number of carbonyl (C=O) groups is 1. The van der Waals surface area contributed by atoms with Crippen molar-refractivity contribution in [3.63, 3.8) is 0 Å². The third kappa shape index (κ3) is 2.06. The van der Waals surface area contributed by atoms with Crippen molar-refractivity contribution < 1.29 is 4.79 Å². The lowest BCUT2D eigenvalue weighted by atomic mass is 9.96. The molecule has 0 N–H and O–H groups in total. The second kappa shape index (κ2) is 4.18. The quantitative estimate of drug-likeness (QED) is 0.743. The summed E-state index contributed by atoms with van der Waals surface area (Å²) in [7, 11) is 0. The minimum absolute atomic E-state index is 0.0935. The van der Waals surface area contributed by atoms with Crippen LogP contribution in [0.3, 0.4) is 0 Å². The van der Waals surface area contributed by atoms with Gasteiger partial charge in [0.1, 0.15) is 0 Å². The van der Waals surface area contributed by atoms with Crippen LogP contribution in [0.25, 0.3) is 0 Å². The molecule has 1 aliphatic rings. The van der Waals surface area contributed by atoms with Crippen LogP contribution in [0, 0.1) is 5.92 Å². The van der Waals surface area contributed by atoms with E-state index < -0.39 is 0 Å². The maximum Gasteiger partial charge on any atom is 0.176 e. The summed E-state index contributed by atoms with van der Waals surface area (Å²) < 4.78 is 0. The Morgan fingerprint density at radius 3 is 2.87 bits per heavy atom. The zero-order valence-corrected chi connectivity index (χ0v) is 10.4. The average molecular weight is 241 g/mol. The number of ketones is 1. The van der Waals surface area contributed by atoms with Crippen LogP contribution < -0.4 is 0 Å². The predicted octanol–water partition coefficient (Wildman–Crippen LogP) is 3.79. The lowest BCUT2D eigenvalue weighted by molar-refractivity contribution is 0.0973. The highest BCUT2D eigenvalue weighted by Crippen LogP contribution is 2.34. The Morgan fingerprint density at radius 1 is 1.47 bits per heavy atom. The van der Waals surface area contributed by atoms with Crippen LogP contribution in [0.5, 0.6) is 0 Å². The van der Waals surface area contributed by atoms with E-state index in [-0.39, 0.29) is 11.0 Å². The summed E-state index contributed by atoms with van der Waals surface area (Å²) in [6.45, 7) is 4.18. The van der Waals surface area contributed by atoms with E-state index in [1.807, 2.05) is 12.1 Å². The molecule has 80 valence electrons. The largest absolute Gasteiger partial charge is 0.293 e. The molecule has 1 atom stereocenters. The number of fused-ring (bicyclic) bond motifs is 1. The number of rotatable bonds is 1. The summed E-state index contributed by atoms with van der Waals surface area (Å²) in [4.78, 5) is 12.1. The first kappa shape index (κ1) is 11.0. The van der Waals surface area contributed by atoms with E-state index in [2.05, 4.69) is 13.8 Å². The van der Waals surface area contributed by atoms with Gasteiger partial charge >= 0.3 is 0 Å². The molecule has 0 fully saturated rings. The molecule has 0 amide bonds. The van der Waals surface area contributed by atoms with E-state index in [0.717, 1.165) is 16.9 Å². The van der Waals surface area contributed by atoms with Crippen molar-refractivity contribution in [3.8, 4) is 0 Å². The van der Waals surface area contributed by atoms with Gasteiger partial charge in [-0.3, -0.25) is 4.79 Å². The molecule has 0 spiro atoms. The fraction of sp³-hybridized carbons (Fsp3) is 0.417. The van der Waals surface area contributed by atoms with Gasteiger partial charge in [-0.1, -0.05) is 31.5 Å². The summed E-state index contributed by atoms with van der Waals surface area (Å²) in [6, 6.07) is 5.61. The molecule has 1 heterocycles. The molecule has 0 radical (unpaired) electrons. The number of halogens is 1. The van der Waals surface area contributed by atoms with Crippen LogP contribution in [0.4, 0.5) is 0 Å². The number of benzene rings is 1. The summed E-state index contributed by atoms with van der Waals surface area (Å²) in [6.07, 6.45) is 0. The first-order valence-corrected chi connectivity index (χ1v) is 6.46. The van der Waals surface area contributed by atoms with Crippen molar-refractivity contribution in [1.29, 1.82) is 0 Å². The zero-order chi connectivity index (χ0) is 11.0. The van der Waals surface area contributed by atoms with Crippen molar-refractivity contribution >= 4 is 29.1 Å². The highest BCUT2D eigenvalue weighted by Gasteiger charge is 2.30. The molecule has 1 nitrogen and oxygen atoms in total. The topological polar surface area (TPSA) is 17.1 Å². The van der Waals surface area contributed by atoms with Gasteiger partial charge in [-0.25, -0.2) is 0 Å². The molecule has 1 aliphatic heterocycles. The maximum absolute atomic E-state index is 12.1. The van der Waals surface area contributed by atoms with Gasteiger partial charge in [-0.2, -0.15) is 0 Å². The highest BCUT2D eigenvalue weighted by atomic mass is 35.5. The first-order chi connectivity index (χ1) is 7.09. The van der Waals surface area contributed by atoms with Crippen LogP contribution in [-0.2, 0) is 5.75 Å². The molecule has 1 aromatic carbocycles. The Kier molecular flexibility index (Phi) is 3.08. The van der Waals surface area contributed by atoms with Gasteiger partial charge in [-0.15, -0.1) is 11.8 Å². The van der Waals surface area contributed by atoms with Crippen molar-refractivity contribution in [1.82, 2.24) is 0 Å². The van der Waals surface area contributed by atoms with Crippen LogP contribution in [0.1, 0.15) is 29.8 Å².